The molecule has 0 aromatic carbocycles. The van der Waals surface area contributed by atoms with Crippen molar-refractivity contribution in [3.63, 3.8) is 0 Å². The molecule has 0 fully saturated rings. The third-order valence-corrected chi connectivity index (χ3v) is 2.77. The number of hydrogen-bond donors (Lipinski definition) is 1. The Morgan fingerprint density at radius 1 is 1.57 bits per heavy atom. The molecule has 0 bridgehead atoms. The van der Waals surface area contributed by atoms with Gasteiger partial charge >= 0.3 is 0 Å². The van der Waals surface area contributed by atoms with Gasteiger partial charge in [-0.05, 0) is 6.92 Å². The quantitative estimate of drug-likeness (QED) is 0.772. The fourth-order valence-corrected chi connectivity index (χ4v) is 2.13. The Kier molecular flexibility index (Phi) is 2.81. The Labute approximate surface area is 84.6 Å². The van der Waals surface area contributed by atoms with Crippen molar-refractivity contribution >= 4 is 31.5 Å². The van der Waals surface area contributed by atoms with Crippen LogP contribution in [-0.4, -0.2) is 19.5 Å². The normalized spacial score (nSPS) is 11.4. The van der Waals surface area contributed by atoms with E-state index in [1.54, 1.807) is 0 Å². The van der Waals surface area contributed by atoms with Gasteiger partial charge in [-0.15, -0.1) is 0 Å². The molecule has 0 aliphatic heterocycles. The maximum absolute atomic E-state index is 11.0. The van der Waals surface area contributed by atoms with Crippen LogP contribution in [0.15, 0.2) is 9.42 Å². The van der Waals surface area contributed by atoms with Gasteiger partial charge in [-0.3, -0.25) is 10.1 Å². The summed E-state index contributed by atoms with van der Waals surface area (Å²) in [4.78, 5) is 10.4. The van der Waals surface area contributed by atoms with Crippen LogP contribution in [0.25, 0.3) is 0 Å². The topological polar surface area (TPSA) is 89.3 Å². The van der Waals surface area contributed by atoms with Crippen LogP contribution >= 0.6 is 10.7 Å². The van der Waals surface area contributed by atoms with Crippen LogP contribution in [0.4, 0.5) is 5.88 Å². The Hall–Kier alpha value is -1.08. The van der Waals surface area contributed by atoms with E-state index in [9.17, 15) is 13.2 Å². The monoisotopic (exact) mass is 238 g/mol. The van der Waals surface area contributed by atoms with Gasteiger partial charge in [0.2, 0.25) is 5.91 Å². The number of aryl methyl sites for hydroxylation is 1. The average Bonchev–Trinajstić information content (AvgIpc) is 2.28. The third-order valence-electron chi connectivity index (χ3n) is 1.34. The van der Waals surface area contributed by atoms with Crippen molar-refractivity contribution in [1.29, 1.82) is 0 Å². The number of halogens is 1. The molecule has 6 nitrogen and oxygen atoms in total. The van der Waals surface area contributed by atoms with Crippen molar-refractivity contribution in [1.82, 2.24) is 5.16 Å². The first-order chi connectivity index (χ1) is 6.32. The van der Waals surface area contributed by atoms with Crippen LogP contribution in [0.1, 0.15) is 12.6 Å². The fraction of sp³-hybridized carbons (Fsp3) is 0.333. The van der Waals surface area contributed by atoms with Gasteiger partial charge in [0.15, 0.2) is 4.90 Å². The molecular weight excluding hydrogens is 232 g/mol. The van der Waals surface area contributed by atoms with Crippen molar-refractivity contribution < 1.29 is 17.7 Å². The summed E-state index contributed by atoms with van der Waals surface area (Å²) in [7, 11) is 1.15. The minimum absolute atomic E-state index is 0.101. The Bertz CT molecular complexity index is 464. The number of amides is 1. The van der Waals surface area contributed by atoms with Crippen molar-refractivity contribution in [3.05, 3.63) is 5.69 Å². The lowest BCUT2D eigenvalue weighted by molar-refractivity contribution is -0.114. The second kappa shape index (κ2) is 3.58. The van der Waals surface area contributed by atoms with E-state index in [0.29, 0.717) is 0 Å². The van der Waals surface area contributed by atoms with E-state index in [1.165, 1.54) is 13.8 Å². The molecule has 0 spiro atoms. The van der Waals surface area contributed by atoms with Crippen LogP contribution in [0.2, 0.25) is 0 Å². The van der Waals surface area contributed by atoms with Crippen molar-refractivity contribution in [2.45, 2.75) is 18.7 Å². The second-order valence-corrected chi connectivity index (χ2v) is 5.05. The molecule has 0 unspecified atom stereocenters. The summed E-state index contributed by atoms with van der Waals surface area (Å²) < 4.78 is 26.6. The van der Waals surface area contributed by atoms with Gasteiger partial charge in [0.05, 0.1) is 0 Å². The van der Waals surface area contributed by atoms with Crippen LogP contribution < -0.4 is 5.32 Å². The molecule has 0 atom stereocenters. The molecule has 1 N–H and O–H groups in total. The zero-order valence-electron chi connectivity index (χ0n) is 7.37. The molecule has 0 radical (unpaired) electrons. The molecule has 14 heavy (non-hydrogen) atoms. The summed E-state index contributed by atoms with van der Waals surface area (Å²) >= 11 is 0. The number of hydrogen-bond acceptors (Lipinski definition) is 5. The maximum Gasteiger partial charge on any atom is 0.268 e. The number of rotatable bonds is 2. The smallest absolute Gasteiger partial charge is 0.268 e. The van der Waals surface area contributed by atoms with Gasteiger partial charge in [-0.2, -0.15) is 0 Å². The number of carbonyl (C=O) groups excluding carboxylic acids is 1. The predicted molar refractivity (Wildman–Crippen MR) is 48.6 cm³/mol. The molecule has 1 amide bonds. The highest BCUT2D eigenvalue weighted by atomic mass is 35.7. The molecular formula is C6H7ClN2O4S. The Morgan fingerprint density at radius 3 is 2.57 bits per heavy atom. The summed E-state index contributed by atoms with van der Waals surface area (Å²) in [6.07, 6.45) is 0. The minimum atomic E-state index is -3.97. The number of carbonyl (C=O) groups is 1. The van der Waals surface area contributed by atoms with E-state index in [1.807, 2.05) is 0 Å². The minimum Gasteiger partial charge on any atom is -0.337 e. The lowest BCUT2D eigenvalue weighted by Gasteiger charge is -1.97. The van der Waals surface area contributed by atoms with Crippen LogP contribution in [-0.2, 0) is 13.8 Å². The fourth-order valence-electron chi connectivity index (χ4n) is 0.888. The van der Waals surface area contributed by atoms with E-state index >= 15 is 0 Å². The Balaban J connectivity index is 3.27. The van der Waals surface area contributed by atoms with Crippen molar-refractivity contribution in [3.8, 4) is 0 Å². The summed E-state index contributed by atoms with van der Waals surface area (Å²) in [5.41, 5.74) is 0.101. The highest BCUT2D eigenvalue weighted by Crippen LogP contribution is 2.27. The molecule has 1 aromatic rings. The molecule has 1 rings (SSSR count). The zero-order valence-corrected chi connectivity index (χ0v) is 8.94. The van der Waals surface area contributed by atoms with E-state index in [2.05, 4.69) is 15.0 Å². The van der Waals surface area contributed by atoms with Gasteiger partial charge < -0.3 is 4.52 Å². The summed E-state index contributed by atoms with van der Waals surface area (Å²) in [5.74, 6) is -0.729. The zero-order chi connectivity index (χ0) is 10.9. The molecule has 0 saturated carbocycles. The lowest BCUT2D eigenvalue weighted by Crippen LogP contribution is -2.07. The molecule has 0 saturated heterocycles. The largest absolute Gasteiger partial charge is 0.337 e. The molecule has 8 heteroatoms. The van der Waals surface area contributed by atoms with E-state index < -0.39 is 15.0 Å². The summed E-state index contributed by atoms with van der Waals surface area (Å²) in [6.45, 7) is 2.62. The van der Waals surface area contributed by atoms with Gasteiger partial charge in [0.1, 0.15) is 5.69 Å². The van der Waals surface area contributed by atoms with Crippen molar-refractivity contribution in [2.24, 2.45) is 0 Å². The molecule has 0 aliphatic rings. The van der Waals surface area contributed by atoms with Crippen molar-refractivity contribution in [2.75, 3.05) is 5.32 Å². The van der Waals surface area contributed by atoms with E-state index in [4.69, 9.17) is 10.7 Å². The lowest BCUT2D eigenvalue weighted by atomic mass is 10.4. The Morgan fingerprint density at radius 2 is 2.14 bits per heavy atom. The predicted octanol–water partition coefficient (Wildman–Crippen LogP) is 0.869. The standard InChI is InChI=1S/C6H7ClN2O4S/c1-3-5(14(7,11)12)6(13-9-3)8-4(2)10/h1-2H3,(H,8,10). The molecule has 1 aromatic heterocycles. The third kappa shape index (κ3) is 2.24. The van der Waals surface area contributed by atoms with Crippen LogP contribution in [0.5, 0.6) is 0 Å². The highest BCUT2D eigenvalue weighted by molar-refractivity contribution is 8.13. The molecule has 0 aliphatic carbocycles. The number of anilines is 1. The van der Waals surface area contributed by atoms with Crippen LogP contribution in [0, 0.1) is 6.92 Å². The highest BCUT2D eigenvalue weighted by Gasteiger charge is 2.25. The van der Waals surface area contributed by atoms with Gasteiger partial charge in [-0.25, -0.2) is 8.42 Å². The number of nitrogens with one attached hydrogen (secondary N) is 1. The summed E-state index contributed by atoms with van der Waals surface area (Å²) in [5, 5.41) is 5.55. The van der Waals surface area contributed by atoms with Gasteiger partial charge in [0.25, 0.3) is 14.9 Å². The maximum atomic E-state index is 11.0. The average molecular weight is 239 g/mol. The van der Waals surface area contributed by atoms with Gasteiger partial charge in [-0.1, -0.05) is 5.16 Å². The van der Waals surface area contributed by atoms with E-state index in [-0.39, 0.29) is 16.5 Å². The first-order valence-electron chi connectivity index (χ1n) is 3.51. The number of aromatic nitrogens is 1. The number of nitrogens with zero attached hydrogens (tertiary/aromatic N) is 1. The van der Waals surface area contributed by atoms with Gasteiger partial charge in [0, 0.05) is 17.6 Å². The second-order valence-electron chi connectivity index (χ2n) is 2.55. The SMILES string of the molecule is CC(=O)Nc1onc(C)c1S(=O)(=O)Cl. The summed E-state index contributed by atoms with van der Waals surface area (Å²) in [6, 6.07) is 0. The van der Waals surface area contributed by atoms with E-state index in [0.717, 1.165) is 0 Å². The van der Waals surface area contributed by atoms with Crippen LogP contribution in [0.3, 0.4) is 0 Å². The first kappa shape index (κ1) is 11.0. The molecule has 78 valence electrons. The molecule has 1 heterocycles. The first-order valence-corrected chi connectivity index (χ1v) is 5.82.